The van der Waals surface area contributed by atoms with Gasteiger partial charge in [0.25, 0.3) is 5.91 Å². The smallest absolute Gasteiger partial charge is 0.270 e. The number of rotatable bonds is 4. The molecule has 0 bridgehead atoms. The normalized spacial score (nSPS) is 18.2. The maximum atomic E-state index is 13.2. The zero-order chi connectivity index (χ0) is 17.8. The predicted molar refractivity (Wildman–Crippen MR) is 101 cm³/mol. The molecule has 4 nitrogen and oxygen atoms in total. The molecule has 0 spiro atoms. The van der Waals surface area contributed by atoms with E-state index in [1.165, 1.54) is 5.56 Å². The number of carbonyl (C=O) groups is 1. The highest BCUT2D eigenvalue weighted by atomic mass is 16.3. The van der Waals surface area contributed by atoms with Crippen molar-refractivity contribution in [1.29, 1.82) is 0 Å². The fourth-order valence-electron chi connectivity index (χ4n) is 3.86. The third kappa shape index (κ3) is 3.79. The van der Waals surface area contributed by atoms with Crippen molar-refractivity contribution < 1.29 is 9.90 Å². The molecule has 0 radical (unpaired) electrons. The highest BCUT2D eigenvalue weighted by Crippen LogP contribution is 2.26. The van der Waals surface area contributed by atoms with Crippen LogP contribution in [0.2, 0.25) is 0 Å². The van der Waals surface area contributed by atoms with Crippen LogP contribution in [0.15, 0.2) is 36.4 Å². The first kappa shape index (κ1) is 17.7. The number of hydrogen-bond donors (Lipinski definition) is 1. The summed E-state index contributed by atoms with van der Waals surface area (Å²) in [6.07, 6.45) is 4.99. The van der Waals surface area contributed by atoms with E-state index >= 15 is 0 Å². The second-order valence-electron chi connectivity index (χ2n) is 7.05. The Kier molecular flexibility index (Phi) is 5.59. The zero-order valence-electron chi connectivity index (χ0n) is 15.2. The van der Waals surface area contributed by atoms with Gasteiger partial charge >= 0.3 is 0 Å². The molecule has 1 aromatic heterocycles. The Morgan fingerprint density at radius 2 is 2.04 bits per heavy atom. The van der Waals surface area contributed by atoms with Crippen LogP contribution in [0.4, 0.5) is 0 Å². The first-order valence-corrected chi connectivity index (χ1v) is 9.26. The molecule has 25 heavy (non-hydrogen) atoms. The minimum absolute atomic E-state index is 0.0850. The van der Waals surface area contributed by atoms with Gasteiger partial charge in [0, 0.05) is 31.9 Å². The largest absolute Gasteiger partial charge is 0.396 e. The van der Waals surface area contributed by atoms with Gasteiger partial charge in [-0.25, -0.2) is 0 Å². The quantitative estimate of drug-likeness (QED) is 0.921. The lowest BCUT2D eigenvalue weighted by Gasteiger charge is -2.30. The molecule has 1 N–H and O–H groups in total. The van der Waals surface area contributed by atoms with Crippen molar-refractivity contribution >= 4 is 5.91 Å². The summed E-state index contributed by atoms with van der Waals surface area (Å²) < 4.78 is 2.00. The lowest BCUT2D eigenvalue weighted by Crippen LogP contribution is -2.41. The highest BCUT2D eigenvalue weighted by molar-refractivity contribution is 5.94. The number of hydrogen-bond acceptors (Lipinski definition) is 2. The summed E-state index contributed by atoms with van der Waals surface area (Å²) in [5, 5.41) is 9.37. The van der Waals surface area contributed by atoms with E-state index in [0.717, 1.165) is 49.2 Å². The fourth-order valence-corrected chi connectivity index (χ4v) is 3.86. The molecule has 1 saturated heterocycles. The van der Waals surface area contributed by atoms with Crippen molar-refractivity contribution in [1.82, 2.24) is 9.47 Å². The predicted octanol–water partition coefficient (Wildman–Crippen LogP) is 3.77. The monoisotopic (exact) mass is 340 g/mol. The molecule has 1 aliphatic heterocycles. The van der Waals surface area contributed by atoms with E-state index in [1.54, 1.807) is 0 Å². The van der Waals surface area contributed by atoms with Gasteiger partial charge in [-0.15, -0.1) is 0 Å². The molecular formula is C21H28N2O2. The number of likely N-dealkylation sites (tertiary alicyclic amines) is 1. The van der Waals surface area contributed by atoms with Crippen LogP contribution in [0.25, 0.3) is 11.3 Å². The topological polar surface area (TPSA) is 45.5 Å². The molecule has 4 heteroatoms. The van der Waals surface area contributed by atoms with Crippen LogP contribution < -0.4 is 0 Å². The van der Waals surface area contributed by atoms with E-state index < -0.39 is 0 Å². The Hall–Kier alpha value is -2.07. The average molecular weight is 340 g/mol. The van der Waals surface area contributed by atoms with Crippen LogP contribution >= 0.6 is 0 Å². The Morgan fingerprint density at radius 3 is 2.80 bits per heavy atom. The minimum atomic E-state index is 0.0850. The van der Waals surface area contributed by atoms with Crippen LogP contribution in [0.3, 0.4) is 0 Å². The molecule has 2 aromatic rings. The molecule has 1 amide bonds. The van der Waals surface area contributed by atoms with E-state index in [0.29, 0.717) is 6.42 Å². The molecule has 2 heterocycles. The van der Waals surface area contributed by atoms with Gasteiger partial charge in [-0.05, 0) is 49.9 Å². The standard InChI is InChI=1S/C21H28N2O2/c1-16-7-6-8-17(15-16)19-10-11-20(22(19)2)21(25)23-13-5-3-4-9-18(23)12-14-24/h6-8,10-11,15,18,24H,3-5,9,12-14H2,1-2H3. The van der Waals surface area contributed by atoms with E-state index in [2.05, 4.69) is 25.1 Å². The van der Waals surface area contributed by atoms with Gasteiger partial charge in [0.15, 0.2) is 0 Å². The zero-order valence-corrected chi connectivity index (χ0v) is 15.2. The van der Waals surface area contributed by atoms with Crippen molar-refractivity contribution in [2.24, 2.45) is 7.05 Å². The van der Waals surface area contributed by atoms with Gasteiger partial charge in [0.1, 0.15) is 5.69 Å². The van der Waals surface area contributed by atoms with Crippen LogP contribution in [0.1, 0.15) is 48.2 Å². The number of aliphatic hydroxyl groups is 1. The summed E-state index contributed by atoms with van der Waals surface area (Å²) >= 11 is 0. The van der Waals surface area contributed by atoms with Crippen molar-refractivity contribution in [3.63, 3.8) is 0 Å². The summed E-state index contributed by atoms with van der Waals surface area (Å²) in [6.45, 7) is 3.00. The number of aromatic nitrogens is 1. The van der Waals surface area contributed by atoms with Crippen LogP contribution in [0, 0.1) is 6.92 Å². The van der Waals surface area contributed by atoms with Crippen LogP contribution in [0.5, 0.6) is 0 Å². The van der Waals surface area contributed by atoms with E-state index in [-0.39, 0.29) is 18.6 Å². The second kappa shape index (κ2) is 7.87. The lowest BCUT2D eigenvalue weighted by atomic mass is 10.1. The molecule has 3 rings (SSSR count). The SMILES string of the molecule is Cc1cccc(-c2ccc(C(=O)N3CCCCCC3CCO)n2C)c1. The summed E-state index contributed by atoms with van der Waals surface area (Å²) in [6, 6.07) is 12.5. The van der Waals surface area contributed by atoms with Gasteiger partial charge in [-0.3, -0.25) is 4.79 Å². The summed E-state index contributed by atoms with van der Waals surface area (Å²) in [5.41, 5.74) is 4.12. The third-order valence-electron chi connectivity index (χ3n) is 5.26. The highest BCUT2D eigenvalue weighted by Gasteiger charge is 2.27. The number of benzene rings is 1. The Balaban J connectivity index is 1.89. The molecule has 134 valence electrons. The van der Waals surface area contributed by atoms with Crippen molar-refractivity contribution in [3.05, 3.63) is 47.7 Å². The van der Waals surface area contributed by atoms with E-state index in [9.17, 15) is 9.90 Å². The first-order chi connectivity index (χ1) is 12.1. The number of aryl methyl sites for hydroxylation is 1. The Morgan fingerprint density at radius 1 is 1.20 bits per heavy atom. The molecule has 0 aliphatic carbocycles. The van der Waals surface area contributed by atoms with Crippen molar-refractivity contribution in [2.75, 3.05) is 13.2 Å². The molecule has 1 atom stereocenters. The fraction of sp³-hybridized carbons (Fsp3) is 0.476. The molecular weight excluding hydrogens is 312 g/mol. The molecule has 1 aromatic carbocycles. The van der Waals surface area contributed by atoms with E-state index in [1.807, 2.05) is 34.7 Å². The number of nitrogens with zero attached hydrogens (tertiary/aromatic N) is 2. The lowest BCUT2D eigenvalue weighted by molar-refractivity contribution is 0.0644. The minimum Gasteiger partial charge on any atom is -0.396 e. The second-order valence-corrected chi connectivity index (χ2v) is 7.05. The van der Waals surface area contributed by atoms with Crippen LogP contribution in [-0.2, 0) is 7.05 Å². The molecule has 1 unspecified atom stereocenters. The Bertz CT molecular complexity index is 735. The summed E-state index contributed by atoms with van der Waals surface area (Å²) in [7, 11) is 1.96. The maximum absolute atomic E-state index is 13.2. The maximum Gasteiger partial charge on any atom is 0.270 e. The van der Waals surface area contributed by atoms with Crippen molar-refractivity contribution in [2.45, 2.75) is 45.1 Å². The van der Waals surface area contributed by atoms with E-state index in [4.69, 9.17) is 0 Å². The third-order valence-corrected chi connectivity index (χ3v) is 5.26. The van der Waals surface area contributed by atoms with Gasteiger partial charge in [-0.1, -0.05) is 36.6 Å². The summed E-state index contributed by atoms with van der Waals surface area (Å²) in [5.74, 6) is 0.0850. The van der Waals surface area contributed by atoms with Gasteiger partial charge in [0.05, 0.1) is 0 Å². The first-order valence-electron chi connectivity index (χ1n) is 9.26. The molecule has 1 aliphatic rings. The number of carbonyl (C=O) groups excluding carboxylic acids is 1. The number of aliphatic hydroxyl groups excluding tert-OH is 1. The van der Waals surface area contributed by atoms with Gasteiger partial charge in [0.2, 0.25) is 0 Å². The van der Waals surface area contributed by atoms with Crippen LogP contribution in [-0.4, -0.2) is 39.7 Å². The molecule has 1 fully saturated rings. The Labute approximate surface area is 150 Å². The molecule has 0 saturated carbocycles. The summed E-state index contributed by atoms with van der Waals surface area (Å²) in [4.78, 5) is 15.2. The average Bonchev–Trinajstić information content (AvgIpc) is 2.83. The van der Waals surface area contributed by atoms with Gasteiger partial charge in [-0.2, -0.15) is 0 Å². The van der Waals surface area contributed by atoms with Crippen molar-refractivity contribution in [3.8, 4) is 11.3 Å². The number of amides is 1. The van der Waals surface area contributed by atoms with Gasteiger partial charge < -0.3 is 14.6 Å².